The van der Waals surface area contributed by atoms with Crippen molar-refractivity contribution in [3.8, 4) is 0 Å². The number of hydrogen-bond acceptors (Lipinski definition) is 4. The van der Waals surface area contributed by atoms with Crippen molar-refractivity contribution >= 4 is 29.4 Å². The zero-order chi connectivity index (χ0) is 19.2. The van der Waals surface area contributed by atoms with Crippen LogP contribution in [0.2, 0.25) is 5.02 Å². The van der Waals surface area contributed by atoms with Gasteiger partial charge in [-0.3, -0.25) is 14.9 Å². The number of rotatable bonds is 13. The van der Waals surface area contributed by atoms with E-state index < -0.39 is 4.92 Å². The Bertz CT molecular complexity index is 606. The maximum atomic E-state index is 11.7. The van der Waals surface area contributed by atoms with Crippen molar-refractivity contribution in [3.05, 3.63) is 38.9 Å². The minimum atomic E-state index is -0.512. The molecule has 0 bridgehead atoms. The van der Waals surface area contributed by atoms with E-state index in [0.29, 0.717) is 11.4 Å². The SMILES string of the molecule is CCCCCCCCCCCC(=O)N/N=C/c1cc(Cl)ccc1[N+](=O)[O-]. The van der Waals surface area contributed by atoms with Crippen LogP contribution in [0.25, 0.3) is 0 Å². The molecular weight excluding hydrogens is 354 g/mol. The van der Waals surface area contributed by atoms with Crippen LogP contribution in [-0.4, -0.2) is 17.0 Å². The zero-order valence-corrected chi connectivity index (χ0v) is 16.1. The molecule has 0 saturated carbocycles. The molecule has 7 heteroatoms. The van der Waals surface area contributed by atoms with Crippen LogP contribution in [0.5, 0.6) is 0 Å². The number of nitro benzene ring substituents is 1. The van der Waals surface area contributed by atoms with Gasteiger partial charge in [-0.05, 0) is 18.6 Å². The quantitative estimate of drug-likeness (QED) is 0.208. The number of benzene rings is 1. The van der Waals surface area contributed by atoms with Gasteiger partial charge < -0.3 is 0 Å². The van der Waals surface area contributed by atoms with E-state index in [-0.39, 0.29) is 17.2 Å². The molecule has 1 aromatic carbocycles. The first-order valence-electron chi connectivity index (χ1n) is 9.30. The Labute approximate surface area is 160 Å². The van der Waals surface area contributed by atoms with Crippen molar-refractivity contribution in [1.82, 2.24) is 5.43 Å². The number of unbranched alkanes of at least 4 members (excludes halogenated alkanes) is 8. The van der Waals surface area contributed by atoms with E-state index in [1.165, 1.54) is 62.9 Å². The maximum absolute atomic E-state index is 11.7. The minimum absolute atomic E-state index is 0.105. The molecular formula is C19H28ClN3O3. The van der Waals surface area contributed by atoms with Gasteiger partial charge in [0.25, 0.3) is 5.69 Å². The van der Waals surface area contributed by atoms with Gasteiger partial charge in [0, 0.05) is 17.5 Å². The highest BCUT2D eigenvalue weighted by Gasteiger charge is 2.12. The van der Waals surface area contributed by atoms with E-state index >= 15 is 0 Å². The van der Waals surface area contributed by atoms with Gasteiger partial charge in [-0.1, -0.05) is 69.9 Å². The van der Waals surface area contributed by atoms with Crippen molar-refractivity contribution in [2.24, 2.45) is 5.10 Å². The molecule has 1 aromatic rings. The molecule has 0 saturated heterocycles. The van der Waals surface area contributed by atoms with Crippen LogP contribution in [-0.2, 0) is 4.79 Å². The molecule has 0 unspecified atom stereocenters. The second kappa shape index (κ2) is 13.3. The molecule has 0 heterocycles. The fourth-order valence-electron chi connectivity index (χ4n) is 2.62. The molecule has 0 atom stereocenters. The molecule has 0 aliphatic rings. The first-order valence-corrected chi connectivity index (χ1v) is 9.68. The molecule has 1 N–H and O–H groups in total. The molecule has 0 fully saturated rings. The number of hydrazone groups is 1. The second-order valence-electron chi connectivity index (χ2n) is 6.33. The standard InChI is InChI=1S/C19H28ClN3O3/c1-2-3-4-5-6-7-8-9-10-11-19(24)22-21-15-16-14-17(20)12-13-18(16)23(25)26/h12-15H,2-11H2,1H3,(H,22,24)/b21-15+. The van der Waals surface area contributed by atoms with Crippen molar-refractivity contribution in [1.29, 1.82) is 0 Å². The van der Waals surface area contributed by atoms with Crippen LogP contribution in [0.1, 0.15) is 76.7 Å². The summed E-state index contributed by atoms with van der Waals surface area (Å²) in [5.74, 6) is -0.186. The lowest BCUT2D eigenvalue weighted by atomic mass is 10.1. The first-order chi connectivity index (χ1) is 12.5. The molecule has 0 aromatic heterocycles. The summed E-state index contributed by atoms with van der Waals surface area (Å²) in [6.45, 7) is 2.21. The largest absolute Gasteiger partial charge is 0.278 e. The molecule has 0 aliphatic carbocycles. The summed E-state index contributed by atoms with van der Waals surface area (Å²) in [5, 5.41) is 15.1. The predicted octanol–water partition coefficient (Wildman–Crippen LogP) is 5.62. The fourth-order valence-corrected chi connectivity index (χ4v) is 2.80. The Kier molecular flexibility index (Phi) is 11.3. The van der Waals surface area contributed by atoms with Gasteiger partial charge in [0.1, 0.15) is 0 Å². The molecule has 0 spiro atoms. The van der Waals surface area contributed by atoms with Crippen LogP contribution in [0.3, 0.4) is 0 Å². The number of nitrogens with zero attached hydrogens (tertiary/aromatic N) is 2. The number of nitro groups is 1. The molecule has 144 valence electrons. The van der Waals surface area contributed by atoms with E-state index in [4.69, 9.17) is 11.6 Å². The molecule has 0 radical (unpaired) electrons. The number of carbonyl (C=O) groups is 1. The lowest BCUT2D eigenvalue weighted by Gasteiger charge is -2.02. The monoisotopic (exact) mass is 381 g/mol. The van der Waals surface area contributed by atoms with Gasteiger partial charge in [0.2, 0.25) is 5.91 Å². The fraction of sp³-hybridized carbons (Fsp3) is 0.579. The summed E-state index contributed by atoms with van der Waals surface area (Å²) in [7, 11) is 0. The number of amides is 1. The van der Waals surface area contributed by atoms with Crippen LogP contribution < -0.4 is 5.43 Å². The van der Waals surface area contributed by atoms with E-state index in [1.54, 1.807) is 0 Å². The van der Waals surface area contributed by atoms with Crippen molar-refractivity contribution in [2.75, 3.05) is 0 Å². The molecule has 0 aliphatic heterocycles. The van der Waals surface area contributed by atoms with Crippen molar-refractivity contribution < 1.29 is 9.72 Å². The molecule has 6 nitrogen and oxygen atoms in total. The van der Waals surface area contributed by atoms with Gasteiger partial charge in [-0.15, -0.1) is 0 Å². The minimum Gasteiger partial charge on any atom is -0.273 e. The average Bonchev–Trinajstić information content (AvgIpc) is 2.60. The summed E-state index contributed by atoms with van der Waals surface area (Å²) >= 11 is 5.84. The highest BCUT2D eigenvalue weighted by Crippen LogP contribution is 2.20. The van der Waals surface area contributed by atoms with Gasteiger partial charge in [0.05, 0.1) is 16.7 Å². The van der Waals surface area contributed by atoms with E-state index in [9.17, 15) is 14.9 Å². The molecule has 1 rings (SSSR count). The van der Waals surface area contributed by atoms with Crippen LogP contribution in [0, 0.1) is 10.1 Å². The number of carbonyl (C=O) groups excluding carboxylic acids is 1. The Balaban J connectivity index is 2.21. The van der Waals surface area contributed by atoms with E-state index in [0.717, 1.165) is 19.3 Å². The highest BCUT2D eigenvalue weighted by atomic mass is 35.5. The van der Waals surface area contributed by atoms with Gasteiger partial charge in [-0.2, -0.15) is 5.10 Å². The van der Waals surface area contributed by atoms with Crippen LogP contribution in [0.4, 0.5) is 5.69 Å². The number of hydrogen-bond donors (Lipinski definition) is 1. The second-order valence-corrected chi connectivity index (χ2v) is 6.77. The Morgan fingerprint density at radius 1 is 1.15 bits per heavy atom. The maximum Gasteiger partial charge on any atom is 0.278 e. The highest BCUT2D eigenvalue weighted by molar-refractivity contribution is 6.31. The zero-order valence-electron chi connectivity index (χ0n) is 15.4. The lowest BCUT2D eigenvalue weighted by Crippen LogP contribution is -2.17. The van der Waals surface area contributed by atoms with Gasteiger partial charge in [0.15, 0.2) is 0 Å². The molecule has 1 amide bonds. The van der Waals surface area contributed by atoms with Crippen LogP contribution >= 0.6 is 11.6 Å². The third-order valence-corrected chi connectivity index (χ3v) is 4.32. The van der Waals surface area contributed by atoms with E-state index in [1.807, 2.05) is 0 Å². The smallest absolute Gasteiger partial charge is 0.273 e. The summed E-state index contributed by atoms with van der Waals surface area (Å²) in [6, 6.07) is 4.20. The lowest BCUT2D eigenvalue weighted by molar-refractivity contribution is -0.385. The van der Waals surface area contributed by atoms with Crippen molar-refractivity contribution in [3.63, 3.8) is 0 Å². The van der Waals surface area contributed by atoms with Gasteiger partial charge >= 0.3 is 0 Å². The first kappa shape index (κ1) is 22.1. The summed E-state index contributed by atoms with van der Waals surface area (Å²) < 4.78 is 0. The third-order valence-electron chi connectivity index (χ3n) is 4.09. The summed E-state index contributed by atoms with van der Waals surface area (Å²) in [4.78, 5) is 22.2. The molecule has 26 heavy (non-hydrogen) atoms. The van der Waals surface area contributed by atoms with E-state index in [2.05, 4.69) is 17.5 Å². The normalized spacial score (nSPS) is 11.0. The Morgan fingerprint density at radius 3 is 2.38 bits per heavy atom. The summed E-state index contributed by atoms with van der Waals surface area (Å²) in [6.07, 6.45) is 12.4. The van der Waals surface area contributed by atoms with Crippen molar-refractivity contribution in [2.45, 2.75) is 71.1 Å². The summed E-state index contributed by atoms with van der Waals surface area (Å²) in [5.41, 5.74) is 2.56. The number of halogens is 1. The Morgan fingerprint density at radius 2 is 1.77 bits per heavy atom. The predicted molar refractivity (Wildman–Crippen MR) is 106 cm³/mol. The number of nitrogens with one attached hydrogen (secondary N) is 1. The van der Waals surface area contributed by atoms with Gasteiger partial charge in [-0.25, -0.2) is 5.43 Å². The third kappa shape index (κ3) is 9.51. The van der Waals surface area contributed by atoms with Crippen LogP contribution in [0.15, 0.2) is 23.3 Å². The average molecular weight is 382 g/mol. The topological polar surface area (TPSA) is 84.6 Å². The Hall–Kier alpha value is -1.95.